The van der Waals surface area contributed by atoms with Gasteiger partial charge in [-0.15, -0.1) is 6.58 Å². The molecule has 1 fully saturated rings. The van der Waals surface area contributed by atoms with Gasteiger partial charge < -0.3 is 26.5 Å². The highest BCUT2D eigenvalue weighted by Crippen LogP contribution is 2.30. The molecule has 1 amide bonds. The molecule has 1 saturated carbocycles. The Morgan fingerprint density at radius 3 is 1.85 bits per heavy atom. The van der Waals surface area contributed by atoms with Crippen molar-refractivity contribution in [1.82, 2.24) is 16.0 Å². The minimum absolute atomic E-state index is 0.0739. The summed E-state index contributed by atoms with van der Waals surface area (Å²) in [6.45, 7) is 26.2. The zero-order chi connectivity index (χ0) is 37.0. The largest absolute Gasteiger partial charge is 0.375 e. The van der Waals surface area contributed by atoms with Gasteiger partial charge in [0.25, 0.3) is 5.91 Å². The van der Waals surface area contributed by atoms with Crippen molar-refractivity contribution in [1.29, 1.82) is 0 Å². The third-order valence-corrected chi connectivity index (χ3v) is 6.69. The maximum atomic E-state index is 11.5. The monoisotopic (exact) mass is 655 g/mol. The average Bonchev–Trinajstić information content (AvgIpc) is 3.01. The Morgan fingerprint density at radius 2 is 1.52 bits per heavy atom. The lowest BCUT2D eigenvalue weighted by molar-refractivity contribution is -0.138. The number of hydrogen-bond acceptors (Lipinski definition) is 7. The van der Waals surface area contributed by atoms with Gasteiger partial charge in [-0.1, -0.05) is 120 Å². The van der Waals surface area contributed by atoms with Crippen LogP contribution in [0.1, 0.15) is 153 Å². The van der Waals surface area contributed by atoms with Gasteiger partial charge in [0.15, 0.2) is 5.78 Å². The van der Waals surface area contributed by atoms with Crippen LogP contribution in [0.3, 0.4) is 0 Å². The van der Waals surface area contributed by atoms with E-state index in [9.17, 15) is 19.2 Å². The smallest absolute Gasteiger partial charge is 0.287 e. The Balaban J connectivity index is -0.000000168. The molecule has 0 aromatic carbocycles. The van der Waals surface area contributed by atoms with Gasteiger partial charge in [0.1, 0.15) is 6.29 Å². The summed E-state index contributed by atoms with van der Waals surface area (Å²) >= 11 is 0. The van der Waals surface area contributed by atoms with E-state index in [2.05, 4.69) is 83.7 Å². The van der Waals surface area contributed by atoms with E-state index in [-0.39, 0.29) is 23.0 Å². The Bertz CT molecular complexity index is 756. The summed E-state index contributed by atoms with van der Waals surface area (Å²) in [6, 6.07) is -0.150. The van der Waals surface area contributed by atoms with Crippen molar-refractivity contribution in [3.63, 3.8) is 0 Å². The number of carbonyl (C=O) groups is 4. The van der Waals surface area contributed by atoms with Gasteiger partial charge in [0, 0.05) is 25.9 Å². The predicted molar refractivity (Wildman–Crippen MR) is 201 cm³/mol. The van der Waals surface area contributed by atoms with Crippen molar-refractivity contribution >= 4 is 23.8 Å². The third kappa shape index (κ3) is 34.4. The summed E-state index contributed by atoms with van der Waals surface area (Å²) in [5.41, 5.74) is 4.43. The van der Waals surface area contributed by atoms with E-state index in [1.54, 1.807) is 13.0 Å². The van der Waals surface area contributed by atoms with Gasteiger partial charge in [-0.3, -0.25) is 14.4 Å². The minimum atomic E-state index is -0.468. The minimum Gasteiger partial charge on any atom is -0.375 e. The fraction of sp³-hybridized carbons (Fsp3) is 0.789. The number of allylic oxidation sites excluding steroid dienone is 1. The molecule has 8 heteroatoms. The topological polar surface area (TPSA) is 130 Å². The van der Waals surface area contributed by atoms with Gasteiger partial charge in [0.05, 0.1) is 11.9 Å². The second-order valence-corrected chi connectivity index (χ2v) is 12.1. The fourth-order valence-electron chi connectivity index (χ4n) is 4.13. The lowest BCUT2D eigenvalue weighted by Crippen LogP contribution is -2.47. The quantitative estimate of drug-likeness (QED) is 0.0705. The summed E-state index contributed by atoms with van der Waals surface area (Å²) in [4.78, 5) is 44.3. The molecule has 1 aliphatic carbocycles. The molecule has 0 aliphatic heterocycles. The second kappa shape index (κ2) is 38.7. The molecule has 0 spiro atoms. The van der Waals surface area contributed by atoms with E-state index in [0.717, 1.165) is 44.2 Å². The second-order valence-electron chi connectivity index (χ2n) is 12.1. The maximum absolute atomic E-state index is 11.5. The summed E-state index contributed by atoms with van der Waals surface area (Å²) in [5.74, 6) is 1.35. The molecule has 1 aliphatic rings. The lowest BCUT2D eigenvalue weighted by atomic mass is 9.82. The average molecular weight is 655 g/mol. The molecular weight excluding hydrogens is 576 g/mol. The molecular formula is C38H78N4O4. The Kier molecular flexibility index (Phi) is 44.6. The van der Waals surface area contributed by atoms with Crippen LogP contribution in [0.2, 0.25) is 0 Å². The van der Waals surface area contributed by atoms with Crippen LogP contribution in [0.5, 0.6) is 0 Å². The molecule has 46 heavy (non-hydrogen) atoms. The molecule has 1 rings (SSSR count). The standard InChI is InChI=1S/C12H24N2O.C11H17NO2.C9H18O.C3H8.C2H6.CH5N/c1-7-8-10(13-6)14-11(9(2)15)12(3,4)5;1-2-8-12-11(14)10(13)7-6-9-4-3-5-9;1-3-5-7-9(8-10)6-4-2;1-3-2;2*1-2/h8,11,13-14H,7H2,1-6H3;2,9H,1,3-8H2,(H,12,14);8-9H,3-7H2,1-2H3;3H2,1-2H3;1-2H3;2H2,1H3/b10-8-;;;;;. The molecule has 0 radical (unpaired) electrons. The Labute approximate surface area is 286 Å². The number of ketones is 2. The summed E-state index contributed by atoms with van der Waals surface area (Å²) in [5, 5.41) is 8.79. The van der Waals surface area contributed by atoms with Crippen LogP contribution in [0.15, 0.2) is 24.6 Å². The number of unbranched alkanes of at least 4 members (excludes halogenated alkanes) is 1. The van der Waals surface area contributed by atoms with Crippen molar-refractivity contribution in [3.8, 4) is 0 Å². The number of carbonyl (C=O) groups excluding carboxylic acids is 4. The number of aldehydes is 1. The Morgan fingerprint density at radius 1 is 0.978 bits per heavy atom. The molecule has 274 valence electrons. The first-order valence-electron chi connectivity index (χ1n) is 17.9. The van der Waals surface area contributed by atoms with Crippen LogP contribution < -0.4 is 21.7 Å². The van der Waals surface area contributed by atoms with E-state index in [1.807, 2.05) is 27.0 Å². The Hall–Kier alpha value is -2.48. The number of nitrogens with two attached hydrogens (primary N) is 1. The fourth-order valence-corrected chi connectivity index (χ4v) is 4.13. The van der Waals surface area contributed by atoms with Gasteiger partial charge >= 0.3 is 0 Å². The molecule has 0 heterocycles. The molecule has 0 aromatic heterocycles. The van der Waals surface area contributed by atoms with Crippen LogP contribution in [0, 0.1) is 17.3 Å². The van der Waals surface area contributed by atoms with Crippen LogP contribution in [0.4, 0.5) is 0 Å². The predicted octanol–water partition coefficient (Wildman–Crippen LogP) is 8.30. The van der Waals surface area contributed by atoms with Crippen LogP contribution in [-0.2, 0) is 19.2 Å². The highest BCUT2D eigenvalue weighted by molar-refractivity contribution is 6.36. The number of rotatable bonds is 17. The zero-order valence-electron chi connectivity index (χ0n) is 32.6. The number of Topliss-reactive ketones (excluding diaryl/α,β-unsaturated/α-hetero) is 2. The first-order valence-corrected chi connectivity index (χ1v) is 17.9. The molecule has 8 nitrogen and oxygen atoms in total. The lowest BCUT2D eigenvalue weighted by Gasteiger charge is -2.31. The van der Waals surface area contributed by atoms with Crippen LogP contribution >= 0.6 is 0 Å². The van der Waals surface area contributed by atoms with E-state index in [1.165, 1.54) is 45.6 Å². The molecule has 0 aromatic rings. The van der Waals surface area contributed by atoms with Crippen molar-refractivity contribution in [2.24, 2.45) is 23.0 Å². The molecule has 5 N–H and O–H groups in total. The van der Waals surface area contributed by atoms with Crippen molar-refractivity contribution in [3.05, 3.63) is 24.6 Å². The molecule has 0 bridgehead atoms. The normalized spacial score (nSPS) is 13.0. The van der Waals surface area contributed by atoms with Crippen molar-refractivity contribution < 1.29 is 19.2 Å². The maximum Gasteiger partial charge on any atom is 0.287 e. The molecule has 2 atom stereocenters. The SMILES string of the molecule is C=CCNC(=O)C(=O)CCC1CCC1.CC.CC/C=C(/NC)NC(C(C)=O)C(C)(C)C.CCC.CCCCC(C=O)CCC.CN. The third-order valence-electron chi connectivity index (χ3n) is 6.69. The molecule has 2 unspecified atom stereocenters. The van der Waals surface area contributed by atoms with Gasteiger partial charge in [-0.2, -0.15) is 0 Å². The summed E-state index contributed by atoms with van der Waals surface area (Å²) in [6.07, 6.45) is 17.6. The number of amides is 1. The van der Waals surface area contributed by atoms with E-state index >= 15 is 0 Å². The zero-order valence-corrected chi connectivity index (χ0v) is 32.6. The summed E-state index contributed by atoms with van der Waals surface area (Å²) < 4.78 is 0. The van der Waals surface area contributed by atoms with Crippen molar-refractivity contribution in [2.75, 3.05) is 20.6 Å². The van der Waals surface area contributed by atoms with E-state index in [0.29, 0.717) is 24.8 Å². The summed E-state index contributed by atoms with van der Waals surface area (Å²) in [7, 11) is 3.36. The first-order chi connectivity index (χ1) is 21.8. The molecule has 0 saturated heterocycles. The van der Waals surface area contributed by atoms with Gasteiger partial charge in [-0.05, 0) is 57.1 Å². The first kappa shape index (κ1) is 53.0. The number of hydrogen-bond donors (Lipinski definition) is 4. The van der Waals surface area contributed by atoms with E-state index < -0.39 is 5.91 Å². The highest BCUT2D eigenvalue weighted by Gasteiger charge is 2.28. The highest BCUT2D eigenvalue weighted by atomic mass is 16.2. The van der Waals surface area contributed by atoms with Gasteiger partial charge in [0.2, 0.25) is 5.78 Å². The van der Waals surface area contributed by atoms with E-state index in [4.69, 9.17) is 0 Å². The van der Waals surface area contributed by atoms with Gasteiger partial charge in [-0.25, -0.2) is 0 Å². The van der Waals surface area contributed by atoms with Crippen molar-refractivity contribution in [2.45, 2.75) is 159 Å². The van der Waals surface area contributed by atoms with Crippen LogP contribution in [-0.4, -0.2) is 50.4 Å². The van der Waals surface area contributed by atoms with Crippen LogP contribution in [0.25, 0.3) is 0 Å². The number of nitrogens with one attached hydrogen (secondary N) is 3.